The summed E-state index contributed by atoms with van der Waals surface area (Å²) in [6.07, 6.45) is 1.06. The van der Waals surface area contributed by atoms with Gasteiger partial charge in [0.1, 0.15) is 12.4 Å². The van der Waals surface area contributed by atoms with Crippen molar-refractivity contribution in [2.75, 3.05) is 18.5 Å². The predicted molar refractivity (Wildman–Crippen MR) is 86.3 cm³/mol. The first kappa shape index (κ1) is 15.4. The van der Waals surface area contributed by atoms with Crippen LogP contribution in [0.1, 0.15) is 31.7 Å². The van der Waals surface area contributed by atoms with Crippen molar-refractivity contribution in [3.8, 4) is 11.3 Å². The maximum atomic E-state index is 5.46. The highest BCUT2D eigenvalue weighted by molar-refractivity contribution is 5.68. The Morgan fingerprint density at radius 3 is 2.52 bits per heavy atom. The summed E-state index contributed by atoms with van der Waals surface area (Å²) in [6.45, 7) is 8.18. The Morgan fingerprint density at radius 1 is 1.10 bits per heavy atom. The number of hydrogen-bond donors (Lipinski definition) is 1. The first-order chi connectivity index (χ1) is 10.3. The normalized spacial score (nSPS) is 10.6. The topological polar surface area (TPSA) is 47.0 Å². The Labute approximate surface area is 126 Å². The lowest BCUT2D eigenvalue weighted by atomic mass is 10.1. The summed E-state index contributed by atoms with van der Waals surface area (Å²) in [7, 11) is 0. The van der Waals surface area contributed by atoms with Crippen molar-refractivity contribution < 1.29 is 4.74 Å². The van der Waals surface area contributed by atoms with Crippen molar-refractivity contribution in [2.24, 2.45) is 0 Å². The fraction of sp³-hybridized carbons (Fsp3) is 0.412. The van der Waals surface area contributed by atoms with E-state index in [4.69, 9.17) is 4.74 Å². The molecule has 0 amide bonds. The van der Waals surface area contributed by atoms with E-state index in [1.807, 2.05) is 25.1 Å². The molecule has 1 N–H and O–H groups in total. The van der Waals surface area contributed by atoms with E-state index in [1.54, 1.807) is 0 Å². The van der Waals surface area contributed by atoms with Crippen molar-refractivity contribution >= 4 is 5.82 Å². The van der Waals surface area contributed by atoms with E-state index in [0.29, 0.717) is 13.2 Å². The van der Waals surface area contributed by atoms with Crippen molar-refractivity contribution in [3.05, 3.63) is 41.7 Å². The molecule has 0 radical (unpaired) electrons. The molecule has 0 spiro atoms. The van der Waals surface area contributed by atoms with Crippen LogP contribution in [0.2, 0.25) is 0 Å². The van der Waals surface area contributed by atoms with Crippen LogP contribution in [0.3, 0.4) is 0 Å². The monoisotopic (exact) mass is 285 g/mol. The zero-order chi connectivity index (χ0) is 15.1. The first-order valence-electron chi connectivity index (χ1n) is 7.50. The van der Waals surface area contributed by atoms with E-state index in [2.05, 4.69) is 41.3 Å². The summed E-state index contributed by atoms with van der Waals surface area (Å²) in [4.78, 5) is 9.26. The van der Waals surface area contributed by atoms with Crippen LogP contribution >= 0.6 is 0 Å². The second-order valence-electron chi connectivity index (χ2n) is 4.89. The van der Waals surface area contributed by atoms with Crippen molar-refractivity contribution in [3.63, 3.8) is 0 Å². The van der Waals surface area contributed by atoms with Gasteiger partial charge in [-0.25, -0.2) is 9.97 Å². The van der Waals surface area contributed by atoms with Crippen molar-refractivity contribution in [1.82, 2.24) is 9.97 Å². The number of benzene rings is 1. The second-order valence-corrected chi connectivity index (χ2v) is 4.89. The Hall–Kier alpha value is -1.94. The molecule has 0 saturated heterocycles. The number of anilines is 1. The lowest BCUT2D eigenvalue weighted by Gasteiger charge is -2.14. The SMILES string of the molecule is CCCNc1nc(COCC)nc(-c2ccccc2)c1C. The molecule has 1 aromatic heterocycles. The average molecular weight is 285 g/mol. The molecule has 0 atom stereocenters. The van der Waals surface area contributed by atoms with E-state index in [-0.39, 0.29) is 0 Å². The summed E-state index contributed by atoms with van der Waals surface area (Å²) < 4.78 is 5.46. The second kappa shape index (κ2) is 7.74. The molecule has 0 fully saturated rings. The third-order valence-corrected chi connectivity index (χ3v) is 3.22. The number of hydrogen-bond acceptors (Lipinski definition) is 4. The van der Waals surface area contributed by atoms with Gasteiger partial charge >= 0.3 is 0 Å². The lowest BCUT2D eigenvalue weighted by Crippen LogP contribution is -2.10. The molecule has 0 aliphatic heterocycles. The molecule has 0 aliphatic carbocycles. The molecule has 1 aromatic carbocycles. The number of ether oxygens (including phenoxy) is 1. The van der Waals surface area contributed by atoms with Crippen LogP contribution in [-0.2, 0) is 11.3 Å². The van der Waals surface area contributed by atoms with E-state index in [0.717, 1.165) is 41.4 Å². The van der Waals surface area contributed by atoms with Gasteiger partial charge < -0.3 is 10.1 Å². The largest absolute Gasteiger partial charge is 0.374 e. The quantitative estimate of drug-likeness (QED) is 0.840. The standard InChI is InChI=1S/C17H23N3O/c1-4-11-18-17-13(3)16(14-9-7-6-8-10-14)19-15(20-17)12-21-5-2/h6-10H,4-5,11-12H2,1-3H3,(H,18,19,20). The molecular weight excluding hydrogens is 262 g/mol. The van der Waals surface area contributed by atoms with Gasteiger partial charge in [0, 0.05) is 24.3 Å². The minimum Gasteiger partial charge on any atom is -0.374 e. The van der Waals surface area contributed by atoms with Crippen molar-refractivity contribution in [2.45, 2.75) is 33.8 Å². The Morgan fingerprint density at radius 2 is 1.86 bits per heavy atom. The van der Waals surface area contributed by atoms with Gasteiger partial charge in [0.15, 0.2) is 5.82 Å². The number of aromatic nitrogens is 2. The summed E-state index contributed by atoms with van der Waals surface area (Å²) >= 11 is 0. The fourth-order valence-corrected chi connectivity index (χ4v) is 2.11. The molecule has 0 unspecified atom stereocenters. The molecule has 21 heavy (non-hydrogen) atoms. The fourth-order valence-electron chi connectivity index (χ4n) is 2.11. The Bertz CT molecular complexity index is 570. The van der Waals surface area contributed by atoms with Gasteiger partial charge in [0.05, 0.1) is 5.69 Å². The van der Waals surface area contributed by atoms with Crippen LogP contribution in [0.25, 0.3) is 11.3 Å². The van der Waals surface area contributed by atoms with Crippen LogP contribution in [0.5, 0.6) is 0 Å². The zero-order valence-electron chi connectivity index (χ0n) is 13.0. The highest BCUT2D eigenvalue weighted by Gasteiger charge is 2.12. The molecule has 2 rings (SSSR count). The maximum absolute atomic E-state index is 5.46. The van der Waals surface area contributed by atoms with Gasteiger partial charge in [-0.05, 0) is 20.3 Å². The summed E-state index contributed by atoms with van der Waals surface area (Å²) in [6, 6.07) is 10.2. The van der Waals surface area contributed by atoms with Crippen molar-refractivity contribution in [1.29, 1.82) is 0 Å². The lowest BCUT2D eigenvalue weighted by molar-refractivity contribution is 0.128. The number of nitrogens with zero attached hydrogens (tertiary/aromatic N) is 2. The van der Waals surface area contributed by atoms with Gasteiger partial charge in [0.2, 0.25) is 0 Å². The smallest absolute Gasteiger partial charge is 0.157 e. The number of rotatable bonds is 7. The molecule has 2 aromatic rings. The average Bonchev–Trinajstić information content (AvgIpc) is 2.53. The Balaban J connectivity index is 2.41. The van der Waals surface area contributed by atoms with Gasteiger partial charge in [-0.2, -0.15) is 0 Å². The highest BCUT2D eigenvalue weighted by atomic mass is 16.5. The van der Waals surface area contributed by atoms with Crippen LogP contribution in [-0.4, -0.2) is 23.1 Å². The zero-order valence-corrected chi connectivity index (χ0v) is 13.0. The molecular formula is C17H23N3O. The summed E-state index contributed by atoms with van der Waals surface area (Å²) in [5.41, 5.74) is 3.16. The van der Waals surface area contributed by atoms with E-state index in [9.17, 15) is 0 Å². The first-order valence-corrected chi connectivity index (χ1v) is 7.50. The summed E-state index contributed by atoms with van der Waals surface area (Å²) in [5.74, 6) is 1.63. The van der Waals surface area contributed by atoms with Crippen LogP contribution < -0.4 is 5.32 Å². The molecule has 1 heterocycles. The van der Waals surface area contributed by atoms with E-state index >= 15 is 0 Å². The van der Waals surface area contributed by atoms with Crippen LogP contribution in [0, 0.1) is 6.92 Å². The third-order valence-electron chi connectivity index (χ3n) is 3.22. The number of nitrogens with one attached hydrogen (secondary N) is 1. The van der Waals surface area contributed by atoms with Gasteiger partial charge in [-0.3, -0.25) is 0 Å². The highest BCUT2D eigenvalue weighted by Crippen LogP contribution is 2.25. The molecule has 112 valence electrons. The van der Waals surface area contributed by atoms with E-state index in [1.165, 1.54) is 0 Å². The maximum Gasteiger partial charge on any atom is 0.157 e. The van der Waals surface area contributed by atoms with Crippen LogP contribution in [0.15, 0.2) is 30.3 Å². The molecule has 0 bridgehead atoms. The Kier molecular flexibility index (Phi) is 5.69. The molecule has 0 aliphatic rings. The van der Waals surface area contributed by atoms with Gasteiger partial charge in [0.25, 0.3) is 0 Å². The molecule has 4 nitrogen and oxygen atoms in total. The predicted octanol–water partition coefficient (Wildman–Crippen LogP) is 3.81. The summed E-state index contributed by atoms with van der Waals surface area (Å²) in [5, 5.41) is 3.38. The van der Waals surface area contributed by atoms with Gasteiger partial charge in [-0.1, -0.05) is 37.3 Å². The third kappa shape index (κ3) is 4.02. The van der Waals surface area contributed by atoms with E-state index < -0.39 is 0 Å². The minimum absolute atomic E-state index is 0.442. The minimum atomic E-state index is 0.442. The molecule has 0 saturated carbocycles. The molecule has 4 heteroatoms. The van der Waals surface area contributed by atoms with Crippen LogP contribution in [0.4, 0.5) is 5.82 Å². The van der Waals surface area contributed by atoms with Gasteiger partial charge in [-0.15, -0.1) is 0 Å².